The Morgan fingerprint density at radius 3 is 2.91 bits per heavy atom. The van der Waals surface area contributed by atoms with Gasteiger partial charge < -0.3 is 25.6 Å². The number of nitrogens with zero attached hydrogens (tertiary/aromatic N) is 4. The molecule has 0 saturated heterocycles. The summed E-state index contributed by atoms with van der Waals surface area (Å²) in [5, 5.41) is 31.6. The number of aliphatic hydroxyl groups excluding tert-OH is 2. The lowest BCUT2D eigenvalue weighted by Crippen LogP contribution is -2.33. The van der Waals surface area contributed by atoms with Gasteiger partial charge in [-0.2, -0.15) is 0 Å². The van der Waals surface area contributed by atoms with E-state index in [1.807, 2.05) is 6.08 Å². The van der Waals surface area contributed by atoms with Crippen LogP contribution in [0.4, 0.5) is 5.82 Å². The first-order valence-electron chi connectivity index (χ1n) is 7.70. The van der Waals surface area contributed by atoms with Crippen LogP contribution in [0, 0.1) is 5.41 Å². The minimum absolute atomic E-state index is 0.285. The fourth-order valence-corrected chi connectivity index (χ4v) is 4.68. The topological polar surface area (TPSA) is 130 Å². The zero-order valence-corrected chi connectivity index (χ0v) is 12.3. The SMILES string of the molecule is Nc1ncnc2c1ncn2[C@@H]1C2=CC[C@@H](O)C[C@@]23C[C@]3(O)[C@H]1O. The predicted octanol–water partition coefficient (Wildman–Crippen LogP) is -0.474. The molecule has 3 aliphatic rings. The molecule has 0 unspecified atom stereocenters. The van der Waals surface area contributed by atoms with Crippen molar-refractivity contribution < 1.29 is 15.3 Å². The number of fused-ring (bicyclic) bond motifs is 1. The summed E-state index contributed by atoms with van der Waals surface area (Å²) >= 11 is 0. The van der Waals surface area contributed by atoms with E-state index in [4.69, 9.17) is 5.73 Å². The van der Waals surface area contributed by atoms with Gasteiger partial charge in [-0.1, -0.05) is 6.08 Å². The molecule has 8 nitrogen and oxygen atoms in total. The molecule has 8 heteroatoms. The molecule has 3 aliphatic carbocycles. The van der Waals surface area contributed by atoms with Crippen LogP contribution in [0.2, 0.25) is 0 Å². The lowest BCUT2D eigenvalue weighted by molar-refractivity contribution is -0.0210. The Labute approximate surface area is 131 Å². The highest BCUT2D eigenvalue weighted by molar-refractivity contribution is 5.81. The van der Waals surface area contributed by atoms with Crippen molar-refractivity contribution >= 4 is 17.0 Å². The van der Waals surface area contributed by atoms with E-state index in [9.17, 15) is 15.3 Å². The molecule has 2 fully saturated rings. The monoisotopic (exact) mass is 315 g/mol. The maximum Gasteiger partial charge on any atom is 0.166 e. The highest BCUT2D eigenvalue weighted by Gasteiger charge is 2.80. The van der Waals surface area contributed by atoms with Gasteiger partial charge in [-0.05, 0) is 24.8 Å². The summed E-state index contributed by atoms with van der Waals surface area (Å²) in [6, 6.07) is -0.444. The van der Waals surface area contributed by atoms with Gasteiger partial charge in [0, 0.05) is 5.41 Å². The molecule has 2 heterocycles. The van der Waals surface area contributed by atoms with Gasteiger partial charge in [0.2, 0.25) is 0 Å². The Morgan fingerprint density at radius 2 is 2.09 bits per heavy atom. The first-order chi connectivity index (χ1) is 11.0. The summed E-state index contributed by atoms with van der Waals surface area (Å²) in [4.78, 5) is 12.4. The Hall–Kier alpha value is -2.03. The van der Waals surface area contributed by atoms with Crippen LogP contribution in [0.1, 0.15) is 25.3 Å². The lowest BCUT2D eigenvalue weighted by Gasteiger charge is -2.29. The molecule has 5 rings (SSSR count). The van der Waals surface area contributed by atoms with Crippen molar-refractivity contribution in [2.24, 2.45) is 5.41 Å². The molecule has 2 saturated carbocycles. The first-order valence-corrected chi connectivity index (χ1v) is 7.70. The zero-order chi connectivity index (χ0) is 16.0. The molecule has 0 radical (unpaired) electrons. The zero-order valence-electron chi connectivity index (χ0n) is 12.3. The van der Waals surface area contributed by atoms with Crippen molar-refractivity contribution in [3.63, 3.8) is 0 Å². The van der Waals surface area contributed by atoms with Gasteiger partial charge in [0.15, 0.2) is 11.5 Å². The lowest BCUT2D eigenvalue weighted by atomic mass is 9.82. The highest BCUT2D eigenvalue weighted by atomic mass is 16.4. The number of imidazole rings is 1. The van der Waals surface area contributed by atoms with Crippen molar-refractivity contribution in [3.05, 3.63) is 24.3 Å². The Kier molecular flexibility index (Phi) is 2.27. The van der Waals surface area contributed by atoms with Crippen LogP contribution in [-0.2, 0) is 0 Å². The smallest absolute Gasteiger partial charge is 0.166 e. The summed E-state index contributed by atoms with van der Waals surface area (Å²) in [5.41, 5.74) is 6.11. The molecule has 1 spiro atoms. The molecule has 0 aliphatic heterocycles. The van der Waals surface area contributed by atoms with Crippen LogP contribution >= 0.6 is 0 Å². The molecule has 2 aromatic rings. The number of aromatic nitrogens is 4. The van der Waals surface area contributed by atoms with E-state index in [0.29, 0.717) is 30.4 Å². The fourth-order valence-electron chi connectivity index (χ4n) is 4.68. The summed E-state index contributed by atoms with van der Waals surface area (Å²) in [7, 11) is 0. The van der Waals surface area contributed by atoms with E-state index in [-0.39, 0.29) is 5.82 Å². The molecular weight excluding hydrogens is 298 g/mol. The molecule has 5 N–H and O–H groups in total. The van der Waals surface area contributed by atoms with Crippen LogP contribution in [0.5, 0.6) is 0 Å². The summed E-state index contributed by atoms with van der Waals surface area (Å²) in [6.45, 7) is 0. The van der Waals surface area contributed by atoms with E-state index in [0.717, 1.165) is 5.57 Å². The predicted molar refractivity (Wildman–Crippen MR) is 80.1 cm³/mol. The van der Waals surface area contributed by atoms with E-state index >= 15 is 0 Å². The van der Waals surface area contributed by atoms with Crippen molar-refractivity contribution in [2.75, 3.05) is 5.73 Å². The number of nitrogens with two attached hydrogens (primary N) is 1. The summed E-state index contributed by atoms with van der Waals surface area (Å²) in [5.74, 6) is 0.285. The largest absolute Gasteiger partial charge is 0.393 e. The average molecular weight is 315 g/mol. The number of nitrogen functional groups attached to an aromatic ring is 1. The van der Waals surface area contributed by atoms with Crippen LogP contribution in [0.25, 0.3) is 11.2 Å². The van der Waals surface area contributed by atoms with Gasteiger partial charge in [0.25, 0.3) is 0 Å². The number of rotatable bonds is 1. The molecule has 2 aromatic heterocycles. The molecule has 5 atom stereocenters. The normalized spacial score (nSPS) is 41.5. The molecule has 0 bridgehead atoms. The molecule has 120 valence electrons. The van der Waals surface area contributed by atoms with Crippen molar-refractivity contribution in [3.8, 4) is 0 Å². The minimum Gasteiger partial charge on any atom is -0.393 e. The maximum absolute atomic E-state index is 10.8. The second-order valence-electron chi connectivity index (χ2n) is 6.91. The van der Waals surface area contributed by atoms with Crippen LogP contribution < -0.4 is 5.73 Å². The van der Waals surface area contributed by atoms with Crippen LogP contribution in [0.3, 0.4) is 0 Å². The van der Waals surface area contributed by atoms with Gasteiger partial charge in [-0.15, -0.1) is 0 Å². The molecular formula is C15H17N5O3. The van der Waals surface area contributed by atoms with E-state index < -0.39 is 29.3 Å². The summed E-state index contributed by atoms with van der Waals surface area (Å²) in [6.07, 6.45) is 4.95. The summed E-state index contributed by atoms with van der Waals surface area (Å²) < 4.78 is 1.76. The maximum atomic E-state index is 10.8. The minimum atomic E-state index is -1.18. The van der Waals surface area contributed by atoms with Gasteiger partial charge in [-0.25, -0.2) is 15.0 Å². The van der Waals surface area contributed by atoms with Crippen molar-refractivity contribution in [1.29, 1.82) is 0 Å². The van der Waals surface area contributed by atoms with Crippen LogP contribution in [-0.4, -0.2) is 52.6 Å². The average Bonchev–Trinajstić information content (AvgIpc) is 2.84. The van der Waals surface area contributed by atoms with Crippen molar-refractivity contribution in [1.82, 2.24) is 19.5 Å². The number of hydrogen-bond acceptors (Lipinski definition) is 7. The quantitative estimate of drug-likeness (QED) is 0.523. The van der Waals surface area contributed by atoms with E-state index in [1.165, 1.54) is 6.33 Å². The van der Waals surface area contributed by atoms with E-state index in [2.05, 4.69) is 15.0 Å². The number of anilines is 1. The van der Waals surface area contributed by atoms with Crippen molar-refractivity contribution in [2.45, 2.75) is 43.1 Å². The second-order valence-corrected chi connectivity index (χ2v) is 6.91. The van der Waals surface area contributed by atoms with Crippen LogP contribution in [0.15, 0.2) is 24.3 Å². The third-order valence-electron chi connectivity index (χ3n) is 5.82. The fraction of sp³-hybridized carbons (Fsp3) is 0.533. The highest BCUT2D eigenvalue weighted by Crippen LogP contribution is 2.75. The van der Waals surface area contributed by atoms with Gasteiger partial charge >= 0.3 is 0 Å². The number of aliphatic hydroxyl groups is 3. The second kappa shape index (κ2) is 3.89. The molecule has 0 aromatic carbocycles. The molecule has 23 heavy (non-hydrogen) atoms. The van der Waals surface area contributed by atoms with E-state index in [1.54, 1.807) is 10.9 Å². The van der Waals surface area contributed by atoms with Gasteiger partial charge in [0.05, 0.1) is 18.5 Å². The van der Waals surface area contributed by atoms with Gasteiger partial charge in [-0.3, -0.25) is 0 Å². The third-order valence-corrected chi connectivity index (χ3v) is 5.82. The Morgan fingerprint density at radius 1 is 1.26 bits per heavy atom. The Bertz CT molecular complexity index is 864. The molecule has 0 amide bonds. The first kappa shape index (κ1) is 13.4. The standard InChI is InChI=1S/C15H17N5O3/c16-12-9-13(18-5-17-12)20(6-19-9)10-8-2-1-7(21)3-14(8)4-15(14,23)11(10)22/h2,5-7,10-11,21-23H,1,3-4H2,(H2,16,17,18)/t7-,10-,11+,14-,15+/m1/s1. The third kappa shape index (κ3) is 1.40. The number of hydrogen-bond donors (Lipinski definition) is 4. The van der Waals surface area contributed by atoms with Gasteiger partial charge in [0.1, 0.15) is 23.5 Å². The Balaban J connectivity index is 1.70.